The molecule has 0 aromatic heterocycles. The van der Waals surface area contributed by atoms with E-state index in [1.54, 1.807) is 6.92 Å². The van der Waals surface area contributed by atoms with Gasteiger partial charge < -0.3 is 17.5 Å². The molecule has 0 fully saturated rings. The second-order valence-electron chi connectivity index (χ2n) is 3.00. The Morgan fingerprint density at radius 2 is 1.91 bits per heavy atom. The number of quaternary nitrogens is 1. The molecule has 0 saturated heterocycles. The average Bonchev–Trinajstić information content (AvgIpc) is 1.84. The fourth-order valence-corrected chi connectivity index (χ4v) is 0.623. The number of nitrogens with zero attached hydrogens (tertiary/aromatic N) is 1. The highest BCUT2D eigenvalue weighted by atomic mass is 35.5. The maximum atomic E-state index is 10.9. The SMILES string of the molecule is CC(=O)[N+](C)(C)CCCO.[Cl-]. The molecular weight excluding hydrogens is 166 g/mol. The van der Waals surface area contributed by atoms with Crippen LogP contribution in [0.25, 0.3) is 0 Å². The van der Waals surface area contributed by atoms with Gasteiger partial charge in [-0.05, 0) is 0 Å². The first-order valence-electron chi connectivity index (χ1n) is 3.45. The monoisotopic (exact) mass is 181 g/mol. The van der Waals surface area contributed by atoms with Crippen molar-refractivity contribution in [3.63, 3.8) is 0 Å². The fourth-order valence-electron chi connectivity index (χ4n) is 0.623. The largest absolute Gasteiger partial charge is 1.00 e. The molecule has 0 aliphatic heterocycles. The van der Waals surface area contributed by atoms with E-state index in [-0.39, 0.29) is 24.9 Å². The Kier molecular flexibility index (Phi) is 6.76. The lowest BCUT2D eigenvalue weighted by Gasteiger charge is -2.24. The molecule has 0 spiro atoms. The first kappa shape index (κ1) is 13.5. The molecule has 0 aromatic rings. The summed E-state index contributed by atoms with van der Waals surface area (Å²) in [4.78, 5) is 10.9. The normalized spacial score (nSPS) is 10.5. The molecule has 68 valence electrons. The van der Waals surface area contributed by atoms with Crippen LogP contribution in [0.2, 0.25) is 0 Å². The minimum Gasteiger partial charge on any atom is -1.00 e. The van der Waals surface area contributed by atoms with Crippen molar-refractivity contribution < 1.29 is 26.8 Å². The van der Waals surface area contributed by atoms with Crippen LogP contribution < -0.4 is 12.4 Å². The van der Waals surface area contributed by atoms with Gasteiger partial charge in [-0.25, -0.2) is 4.79 Å². The summed E-state index contributed by atoms with van der Waals surface area (Å²) in [6.07, 6.45) is 0.687. The molecule has 3 nitrogen and oxygen atoms in total. The molecule has 1 amide bonds. The smallest absolute Gasteiger partial charge is 0.310 e. The first-order chi connectivity index (χ1) is 4.50. The van der Waals surface area contributed by atoms with Gasteiger partial charge in [0.05, 0.1) is 27.6 Å². The number of hydrogen-bond acceptors (Lipinski definition) is 2. The van der Waals surface area contributed by atoms with E-state index in [4.69, 9.17) is 5.11 Å². The maximum Gasteiger partial charge on any atom is 0.310 e. The highest BCUT2D eigenvalue weighted by Gasteiger charge is 2.19. The molecular formula is C7H16ClNO2. The van der Waals surface area contributed by atoms with E-state index in [9.17, 15) is 4.79 Å². The standard InChI is InChI=1S/C7H16NO2.ClH/c1-7(10)8(2,3)5-4-6-9;/h9H,4-6H2,1-3H3;1H/q+1;/p-1. The number of hydrogen-bond donors (Lipinski definition) is 1. The van der Waals surface area contributed by atoms with Crippen molar-refractivity contribution in [3.8, 4) is 0 Å². The lowest BCUT2D eigenvalue weighted by Crippen LogP contribution is -3.00. The van der Waals surface area contributed by atoms with Crippen molar-refractivity contribution in [2.24, 2.45) is 0 Å². The predicted octanol–water partition coefficient (Wildman–Crippen LogP) is -3.00. The van der Waals surface area contributed by atoms with E-state index in [1.807, 2.05) is 14.1 Å². The van der Waals surface area contributed by atoms with E-state index in [1.165, 1.54) is 0 Å². The predicted molar refractivity (Wildman–Crippen MR) is 39.4 cm³/mol. The maximum absolute atomic E-state index is 10.9. The van der Waals surface area contributed by atoms with Gasteiger partial charge in [-0.15, -0.1) is 0 Å². The van der Waals surface area contributed by atoms with Gasteiger partial charge in [0.1, 0.15) is 0 Å². The van der Waals surface area contributed by atoms with E-state index in [0.29, 0.717) is 17.4 Å². The number of carbonyl (C=O) groups is 1. The van der Waals surface area contributed by atoms with Crippen LogP contribution in [0, 0.1) is 0 Å². The summed E-state index contributed by atoms with van der Waals surface area (Å²) in [7, 11) is 3.69. The number of aliphatic hydroxyl groups is 1. The first-order valence-corrected chi connectivity index (χ1v) is 3.45. The van der Waals surface area contributed by atoms with Crippen molar-refractivity contribution in [1.82, 2.24) is 0 Å². The Balaban J connectivity index is 0. The highest BCUT2D eigenvalue weighted by molar-refractivity contribution is 5.65. The molecule has 11 heavy (non-hydrogen) atoms. The zero-order chi connectivity index (χ0) is 8.20. The molecule has 0 bridgehead atoms. The fraction of sp³-hybridized carbons (Fsp3) is 0.857. The Bertz CT molecular complexity index is 126. The highest BCUT2D eigenvalue weighted by Crippen LogP contribution is 1.98. The quantitative estimate of drug-likeness (QED) is 0.472. The summed E-state index contributed by atoms with van der Waals surface area (Å²) in [5.41, 5.74) is 0. The molecule has 1 N–H and O–H groups in total. The summed E-state index contributed by atoms with van der Waals surface area (Å²) in [5, 5.41) is 8.49. The molecule has 0 radical (unpaired) electrons. The molecule has 0 aliphatic carbocycles. The number of rotatable bonds is 3. The van der Waals surface area contributed by atoms with Crippen LogP contribution in [0.3, 0.4) is 0 Å². The van der Waals surface area contributed by atoms with E-state index >= 15 is 0 Å². The molecule has 0 atom stereocenters. The number of amides is 1. The lowest BCUT2D eigenvalue weighted by atomic mass is 10.3. The van der Waals surface area contributed by atoms with Gasteiger partial charge in [-0.2, -0.15) is 0 Å². The minimum atomic E-state index is 0. The summed E-state index contributed by atoms with van der Waals surface area (Å²) in [6.45, 7) is 2.44. The molecule has 0 aromatic carbocycles. The van der Waals surface area contributed by atoms with Crippen LogP contribution in [0.5, 0.6) is 0 Å². The Morgan fingerprint density at radius 1 is 1.45 bits per heavy atom. The van der Waals surface area contributed by atoms with E-state index in [2.05, 4.69) is 0 Å². The zero-order valence-electron chi connectivity index (χ0n) is 7.30. The van der Waals surface area contributed by atoms with Gasteiger partial charge in [0, 0.05) is 13.0 Å². The van der Waals surface area contributed by atoms with Crippen molar-refractivity contribution in [2.75, 3.05) is 27.2 Å². The summed E-state index contributed by atoms with van der Waals surface area (Å²) in [5.74, 6) is 0.133. The third-order valence-corrected chi connectivity index (χ3v) is 1.73. The van der Waals surface area contributed by atoms with Crippen LogP contribution in [0.4, 0.5) is 0 Å². The zero-order valence-corrected chi connectivity index (χ0v) is 8.06. The van der Waals surface area contributed by atoms with E-state index < -0.39 is 0 Å². The van der Waals surface area contributed by atoms with E-state index in [0.717, 1.165) is 0 Å². The second kappa shape index (κ2) is 5.52. The van der Waals surface area contributed by atoms with Crippen LogP contribution in [-0.2, 0) is 4.79 Å². The second-order valence-corrected chi connectivity index (χ2v) is 3.00. The molecule has 0 saturated carbocycles. The van der Waals surface area contributed by atoms with Crippen molar-refractivity contribution in [1.29, 1.82) is 0 Å². The van der Waals surface area contributed by atoms with Crippen molar-refractivity contribution in [3.05, 3.63) is 0 Å². The molecule has 0 aliphatic rings. The minimum absolute atomic E-state index is 0. The van der Waals surface area contributed by atoms with Crippen LogP contribution in [0.1, 0.15) is 13.3 Å². The van der Waals surface area contributed by atoms with Crippen LogP contribution in [-0.4, -0.2) is 42.7 Å². The van der Waals surface area contributed by atoms with Crippen molar-refractivity contribution in [2.45, 2.75) is 13.3 Å². The summed E-state index contributed by atoms with van der Waals surface area (Å²) >= 11 is 0. The van der Waals surface area contributed by atoms with Crippen LogP contribution in [0.15, 0.2) is 0 Å². The summed E-state index contributed by atoms with van der Waals surface area (Å²) < 4.78 is 0.362. The lowest BCUT2D eigenvalue weighted by molar-refractivity contribution is -0.813. The Hall–Kier alpha value is -0.120. The third kappa shape index (κ3) is 5.18. The average molecular weight is 182 g/mol. The topological polar surface area (TPSA) is 37.3 Å². The molecule has 4 heteroatoms. The van der Waals surface area contributed by atoms with Gasteiger partial charge in [0.15, 0.2) is 0 Å². The van der Waals surface area contributed by atoms with Gasteiger partial charge in [-0.1, -0.05) is 0 Å². The van der Waals surface area contributed by atoms with Gasteiger partial charge in [0.2, 0.25) is 0 Å². The van der Waals surface area contributed by atoms with Gasteiger partial charge in [0.25, 0.3) is 0 Å². The number of aliphatic hydroxyl groups excluding tert-OH is 1. The number of halogens is 1. The summed E-state index contributed by atoms with van der Waals surface area (Å²) in [6, 6.07) is 0. The molecule has 0 heterocycles. The number of carbonyl (C=O) groups excluding carboxylic acids is 1. The van der Waals surface area contributed by atoms with Crippen LogP contribution >= 0.6 is 0 Å². The van der Waals surface area contributed by atoms with Crippen molar-refractivity contribution >= 4 is 5.91 Å². The van der Waals surface area contributed by atoms with Gasteiger partial charge in [-0.3, -0.25) is 4.48 Å². The Morgan fingerprint density at radius 3 is 2.18 bits per heavy atom. The van der Waals surface area contributed by atoms with Gasteiger partial charge >= 0.3 is 5.91 Å². The Labute approximate surface area is 74.0 Å². The molecule has 0 rings (SSSR count). The molecule has 0 unspecified atom stereocenters. The third-order valence-electron chi connectivity index (χ3n) is 1.73.